The van der Waals surface area contributed by atoms with Crippen LogP contribution < -0.4 is 10.1 Å². The second-order valence-corrected chi connectivity index (χ2v) is 3.97. The van der Waals surface area contributed by atoms with E-state index in [0.29, 0.717) is 6.54 Å². The lowest BCUT2D eigenvalue weighted by atomic mass is 10.1. The second kappa shape index (κ2) is 7.66. The zero-order valence-electron chi connectivity index (χ0n) is 10.0. The van der Waals surface area contributed by atoms with Gasteiger partial charge in [-0.25, -0.2) is 0 Å². The fourth-order valence-electron chi connectivity index (χ4n) is 1.42. The zero-order valence-corrected chi connectivity index (χ0v) is 10.0. The summed E-state index contributed by atoms with van der Waals surface area (Å²) in [6, 6.07) is 9.58. The Bertz CT molecular complexity index is 374. The summed E-state index contributed by atoms with van der Waals surface area (Å²) in [4.78, 5) is 0. The van der Waals surface area contributed by atoms with Gasteiger partial charge >= 0.3 is 0 Å². The number of rotatable bonds is 7. The van der Waals surface area contributed by atoms with Crippen molar-refractivity contribution in [3.05, 3.63) is 29.8 Å². The SMILES string of the molecule is CC(CO)CNCc1ccccc1OCC#N. The normalized spacial score (nSPS) is 11.8. The molecule has 0 heterocycles. The molecule has 4 heteroatoms. The molecule has 0 aliphatic carbocycles. The monoisotopic (exact) mass is 234 g/mol. The number of nitrogens with zero attached hydrogens (tertiary/aromatic N) is 1. The predicted molar refractivity (Wildman–Crippen MR) is 65.5 cm³/mol. The molecule has 17 heavy (non-hydrogen) atoms. The van der Waals surface area contributed by atoms with Crippen LogP contribution in [-0.4, -0.2) is 24.9 Å². The van der Waals surface area contributed by atoms with Gasteiger partial charge in [-0.05, 0) is 12.0 Å². The number of hydrogen-bond donors (Lipinski definition) is 2. The molecule has 0 amide bonds. The zero-order chi connectivity index (χ0) is 12.5. The van der Waals surface area contributed by atoms with Gasteiger partial charge in [0.25, 0.3) is 0 Å². The quantitative estimate of drug-likeness (QED) is 0.746. The van der Waals surface area contributed by atoms with Crippen LogP contribution in [-0.2, 0) is 6.54 Å². The summed E-state index contributed by atoms with van der Waals surface area (Å²) in [6.07, 6.45) is 0. The van der Waals surface area contributed by atoms with E-state index < -0.39 is 0 Å². The van der Waals surface area contributed by atoms with Gasteiger partial charge in [0.05, 0.1) is 0 Å². The van der Waals surface area contributed by atoms with E-state index in [1.54, 1.807) is 0 Å². The van der Waals surface area contributed by atoms with Gasteiger partial charge in [0.1, 0.15) is 11.8 Å². The van der Waals surface area contributed by atoms with E-state index in [4.69, 9.17) is 15.1 Å². The van der Waals surface area contributed by atoms with Crippen LogP contribution in [0.25, 0.3) is 0 Å². The van der Waals surface area contributed by atoms with Crippen molar-refractivity contribution >= 4 is 0 Å². The van der Waals surface area contributed by atoms with Crippen LogP contribution in [0.4, 0.5) is 0 Å². The van der Waals surface area contributed by atoms with Crippen molar-refractivity contribution in [2.45, 2.75) is 13.5 Å². The molecule has 0 aliphatic rings. The molecule has 1 aromatic rings. The lowest BCUT2D eigenvalue weighted by Crippen LogP contribution is -2.23. The van der Waals surface area contributed by atoms with Crippen molar-refractivity contribution in [1.29, 1.82) is 5.26 Å². The Morgan fingerprint density at radius 3 is 2.94 bits per heavy atom. The molecule has 0 aliphatic heterocycles. The number of benzene rings is 1. The molecule has 1 aromatic carbocycles. The van der Waals surface area contributed by atoms with Crippen LogP contribution in [0.1, 0.15) is 12.5 Å². The summed E-state index contributed by atoms with van der Waals surface area (Å²) in [5.74, 6) is 0.973. The third-order valence-corrected chi connectivity index (χ3v) is 2.38. The van der Waals surface area contributed by atoms with Gasteiger partial charge in [-0.1, -0.05) is 25.1 Å². The molecule has 0 saturated carbocycles. The topological polar surface area (TPSA) is 65.3 Å². The van der Waals surface area contributed by atoms with Gasteiger partial charge in [0.15, 0.2) is 6.61 Å². The lowest BCUT2D eigenvalue weighted by Gasteiger charge is -2.12. The molecule has 0 radical (unpaired) electrons. The molecule has 0 bridgehead atoms. The minimum absolute atomic E-state index is 0.0596. The summed E-state index contributed by atoms with van der Waals surface area (Å²) < 4.78 is 5.32. The van der Waals surface area contributed by atoms with Gasteiger partial charge < -0.3 is 15.2 Å². The van der Waals surface area contributed by atoms with Crippen molar-refractivity contribution in [3.8, 4) is 11.8 Å². The molecule has 1 atom stereocenters. The number of nitrogens with one attached hydrogen (secondary N) is 1. The third kappa shape index (κ3) is 4.85. The van der Waals surface area contributed by atoms with E-state index in [0.717, 1.165) is 17.9 Å². The first-order valence-corrected chi connectivity index (χ1v) is 5.67. The first kappa shape index (κ1) is 13.5. The maximum Gasteiger partial charge on any atom is 0.174 e. The van der Waals surface area contributed by atoms with E-state index in [1.807, 2.05) is 37.3 Å². The van der Waals surface area contributed by atoms with Crippen molar-refractivity contribution in [3.63, 3.8) is 0 Å². The molecule has 4 nitrogen and oxygen atoms in total. The van der Waals surface area contributed by atoms with Crippen LogP contribution in [0.5, 0.6) is 5.75 Å². The highest BCUT2D eigenvalue weighted by molar-refractivity contribution is 5.33. The van der Waals surface area contributed by atoms with Crippen LogP contribution in [0.2, 0.25) is 0 Å². The number of aliphatic hydroxyl groups is 1. The molecule has 0 saturated heterocycles. The third-order valence-electron chi connectivity index (χ3n) is 2.38. The molecule has 0 fully saturated rings. The van der Waals surface area contributed by atoms with Gasteiger partial charge in [-0.2, -0.15) is 5.26 Å². The fourth-order valence-corrected chi connectivity index (χ4v) is 1.42. The van der Waals surface area contributed by atoms with Crippen molar-refractivity contribution in [2.75, 3.05) is 19.8 Å². The first-order chi connectivity index (χ1) is 8.27. The van der Waals surface area contributed by atoms with E-state index in [2.05, 4.69) is 5.32 Å². The first-order valence-electron chi connectivity index (χ1n) is 5.67. The smallest absolute Gasteiger partial charge is 0.174 e. The lowest BCUT2D eigenvalue weighted by molar-refractivity contribution is 0.233. The fraction of sp³-hybridized carbons (Fsp3) is 0.462. The highest BCUT2D eigenvalue weighted by Gasteiger charge is 2.03. The van der Waals surface area contributed by atoms with E-state index in [1.165, 1.54) is 0 Å². The highest BCUT2D eigenvalue weighted by Crippen LogP contribution is 2.17. The Kier molecular flexibility index (Phi) is 6.08. The summed E-state index contributed by atoms with van der Waals surface area (Å²) in [7, 11) is 0. The Hall–Kier alpha value is -1.57. The Morgan fingerprint density at radius 2 is 2.24 bits per heavy atom. The molecule has 1 unspecified atom stereocenters. The number of nitriles is 1. The highest BCUT2D eigenvalue weighted by atomic mass is 16.5. The number of para-hydroxylation sites is 1. The molecular weight excluding hydrogens is 216 g/mol. The Morgan fingerprint density at radius 1 is 1.47 bits per heavy atom. The summed E-state index contributed by atoms with van der Waals surface area (Å²) in [5, 5.41) is 20.6. The van der Waals surface area contributed by atoms with E-state index >= 15 is 0 Å². The summed E-state index contributed by atoms with van der Waals surface area (Å²) >= 11 is 0. The summed E-state index contributed by atoms with van der Waals surface area (Å²) in [6.45, 7) is 3.64. The standard InChI is InChI=1S/C13H18N2O2/c1-11(10-16)8-15-9-12-4-2-3-5-13(12)17-7-6-14/h2-5,11,15-16H,7-10H2,1H3. The summed E-state index contributed by atoms with van der Waals surface area (Å²) in [5.41, 5.74) is 1.02. The number of aliphatic hydroxyl groups excluding tert-OH is 1. The minimum atomic E-state index is 0.0596. The van der Waals surface area contributed by atoms with Crippen molar-refractivity contribution in [2.24, 2.45) is 5.92 Å². The maximum absolute atomic E-state index is 8.90. The Balaban J connectivity index is 2.49. The number of ether oxygens (including phenoxy) is 1. The van der Waals surface area contributed by atoms with Gasteiger partial charge in [-0.3, -0.25) is 0 Å². The van der Waals surface area contributed by atoms with Crippen molar-refractivity contribution in [1.82, 2.24) is 5.32 Å². The maximum atomic E-state index is 8.90. The van der Waals surface area contributed by atoms with Crippen LogP contribution in [0.3, 0.4) is 0 Å². The molecule has 2 N–H and O–H groups in total. The van der Waals surface area contributed by atoms with E-state index in [-0.39, 0.29) is 19.1 Å². The van der Waals surface area contributed by atoms with Crippen LogP contribution >= 0.6 is 0 Å². The molecule has 0 spiro atoms. The van der Waals surface area contributed by atoms with E-state index in [9.17, 15) is 0 Å². The van der Waals surface area contributed by atoms with Gasteiger partial charge in [0.2, 0.25) is 0 Å². The minimum Gasteiger partial charge on any atom is -0.478 e. The molecule has 92 valence electrons. The van der Waals surface area contributed by atoms with Gasteiger partial charge in [0, 0.05) is 25.3 Å². The molecule has 0 aromatic heterocycles. The molecular formula is C13H18N2O2. The van der Waals surface area contributed by atoms with Crippen LogP contribution in [0, 0.1) is 17.2 Å². The van der Waals surface area contributed by atoms with Crippen LogP contribution in [0.15, 0.2) is 24.3 Å². The average Bonchev–Trinajstić information content (AvgIpc) is 2.37. The van der Waals surface area contributed by atoms with Crippen molar-refractivity contribution < 1.29 is 9.84 Å². The number of hydrogen-bond acceptors (Lipinski definition) is 4. The second-order valence-electron chi connectivity index (χ2n) is 3.97. The average molecular weight is 234 g/mol. The largest absolute Gasteiger partial charge is 0.478 e. The van der Waals surface area contributed by atoms with Gasteiger partial charge in [-0.15, -0.1) is 0 Å². The molecule has 1 rings (SSSR count). The predicted octanol–water partition coefficient (Wildman–Crippen LogP) is 1.31. The Labute approximate surface area is 102 Å².